The first-order valence-corrected chi connectivity index (χ1v) is 5.10. The van der Waals surface area contributed by atoms with Gasteiger partial charge in [0, 0.05) is 0 Å². The monoisotopic (exact) mass is 152 g/mol. The Balaban J connectivity index is 2.13. The molecule has 0 aliphatic heterocycles. The van der Waals surface area contributed by atoms with Gasteiger partial charge in [-0.3, -0.25) is 0 Å². The lowest BCUT2D eigenvalue weighted by Gasteiger charge is -2.17. The Bertz CT molecular complexity index is 107. The highest BCUT2D eigenvalue weighted by molar-refractivity contribution is 4.89. The molecule has 0 heteroatoms. The third kappa shape index (κ3) is 3.60. The van der Waals surface area contributed by atoms with Crippen LogP contribution in [-0.2, 0) is 0 Å². The summed E-state index contributed by atoms with van der Waals surface area (Å²) in [5, 5.41) is 0. The smallest absolute Gasteiger partial charge is 0.0234 e. The average molecular weight is 152 g/mol. The topological polar surface area (TPSA) is 0 Å². The van der Waals surface area contributed by atoms with Crippen LogP contribution in [0.4, 0.5) is 0 Å². The molecule has 0 aromatic carbocycles. The quantitative estimate of drug-likeness (QED) is 0.538. The molecule has 1 fully saturated rings. The Hall–Kier alpha value is -0.260. The van der Waals surface area contributed by atoms with Crippen LogP contribution in [0.25, 0.3) is 0 Å². The van der Waals surface area contributed by atoms with E-state index in [0.717, 1.165) is 5.92 Å². The first-order valence-electron chi connectivity index (χ1n) is 5.10. The van der Waals surface area contributed by atoms with Crippen LogP contribution < -0.4 is 0 Å². The third-order valence-corrected chi connectivity index (χ3v) is 2.51. The molecule has 0 heterocycles. The van der Waals surface area contributed by atoms with Gasteiger partial charge in [0.2, 0.25) is 0 Å². The Morgan fingerprint density at radius 3 is 2.55 bits per heavy atom. The van der Waals surface area contributed by atoms with E-state index >= 15 is 0 Å². The summed E-state index contributed by atoms with van der Waals surface area (Å²) in [4.78, 5) is 0. The number of hydrogen-bond donors (Lipinski definition) is 0. The number of allylic oxidation sites excluding steroid dienone is 2. The lowest BCUT2D eigenvalue weighted by molar-refractivity contribution is 0.418. The van der Waals surface area contributed by atoms with Gasteiger partial charge in [0.05, 0.1) is 0 Å². The van der Waals surface area contributed by atoms with E-state index < -0.39 is 0 Å². The van der Waals surface area contributed by atoms with Gasteiger partial charge in [-0.2, -0.15) is 0 Å². The maximum absolute atomic E-state index is 2.45. The molecule has 11 heavy (non-hydrogen) atoms. The molecule has 0 aromatic heterocycles. The van der Waals surface area contributed by atoms with Crippen LogP contribution >= 0.6 is 0 Å². The second-order valence-electron chi connectivity index (χ2n) is 3.61. The van der Waals surface area contributed by atoms with Crippen molar-refractivity contribution in [3.63, 3.8) is 0 Å². The first kappa shape index (κ1) is 8.83. The Labute approximate surface area is 70.7 Å². The van der Waals surface area contributed by atoms with Crippen molar-refractivity contribution in [2.75, 3.05) is 0 Å². The highest BCUT2D eigenvalue weighted by Gasteiger charge is 2.08. The summed E-state index contributed by atoms with van der Waals surface area (Å²) >= 11 is 0. The Kier molecular flexibility index (Phi) is 4.33. The molecular formula is C11H20. The van der Waals surface area contributed by atoms with Crippen LogP contribution in [0.5, 0.6) is 0 Å². The normalized spacial score (nSPS) is 21.2. The van der Waals surface area contributed by atoms with Crippen LogP contribution in [0.1, 0.15) is 51.9 Å². The van der Waals surface area contributed by atoms with E-state index in [2.05, 4.69) is 19.1 Å². The standard InChI is InChI=1S/C11H20/c1-2-3-5-8-11-9-6-4-7-10-11/h5,8,11H,2-4,6-7,9-10H2,1H3/b8-5-. The molecule has 0 atom stereocenters. The predicted molar refractivity (Wildman–Crippen MR) is 50.6 cm³/mol. The van der Waals surface area contributed by atoms with Gasteiger partial charge in [0.15, 0.2) is 0 Å². The molecule has 0 spiro atoms. The van der Waals surface area contributed by atoms with Crippen molar-refractivity contribution in [2.24, 2.45) is 5.92 Å². The van der Waals surface area contributed by atoms with E-state index in [1.54, 1.807) is 0 Å². The van der Waals surface area contributed by atoms with E-state index in [1.165, 1.54) is 44.9 Å². The maximum atomic E-state index is 2.45. The molecule has 0 bridgehead atoms. The lowest BCUT2D eigenvalue weighted by atomic mass is 9.89. The summed E-state index contributed by atoms with van der Waals surface area (Å²) in [7, 11) is 0. The fraction of sp³-hybridized carbons (Fsp3) is 0.818. The molecular weight excluding hydrogens is 132 g/mol. The fourth-order valence-electron chi connectivity index (χ4n) is 1.78. The van der Waals surface area contributed by atoms with E-state index in [1.807, 2.05) is 0 Å². The zero-order valence-electron chi connectivity index (χ0n) is 7.68. The lowest BCUT2D eigenvalue weighted by Crippen LogP contribution is -2.02. The van der Waals surface area contributed by atoms with Crippen LogP contribution in [0.3, 0.4) is 0 Å². The molecule has 0 saturated heterocycles. The third-order valence-electron chi connectivity index (χ3n) is 2.51. The van der Waals surface area contributed by atoms with Crippen LogP contribution in [0.2, 0.25) is 0 Å². The molecule has 1 rings (SSSR count). The van der Waals surface area contributed by atoms with Gasteiger partial charge >= 0.3 is 0 Å². The Morgan fingerprint density at radius 1 is 1.18 bits per heavy atom. The number of unbranched alkanes of at least 4 members (excludes halogenated alkanes) is 1. The largest absolute Gasteiger partial charge is 0.0883 e. The summed E-state index contributed by atoms with van der Waals surface area (Å²) in [6, 6.07) is 0. The zero-order valence-corrected chi connectivity index (χ0v) is 7.68. The molecule has 0 radical (unpaired) electrons. The number of hydrogen-bond acceptors (Lipinski definition) is 0. The molecule has 0 unspecified atom stereocenters. The van der Waals surface area contributed by atoms with Gasteiger partial charge in [-0.15, -0.1) is 0 Å². The van der Waals surface area contributed by atoms with Crippen LogP contribution in [0.15, 0.2) is 12.2 Å². The summed E-state index contributed by atoms with van der Waals surface area (Å²) in [5.74, 6) is 0.926. The van der Waals surface area contributed by atoms with Crippen molar-refractivity contribution < 1.29 is 0 Å². The van der Waals surface area contributed by atoms with Crippen molar-refractivity contribution in [2.45, 2.75) is 51.9 Å². The van der Waals surface area contributed by atoms with E-state index in [0.29, 0.717) is 0 Å². The fourth-order valence-corrected chi connectivity index (χ4v) is 1.78. The summed E-state index contributed by atoms with van der Waals surface area (Å²) < 4.78 is 0. The van der Waals surface area contributed by atoms with E-state index in [9.17, 15) is 0 Å². The zero-order chi connectivity index (χ0) is 7.94. The van der Waals surface area contributed by atoms with Crippen molar-refractivity contribution in [3.8, 4) is 0 Å². The first-order chi connectivity index (χ1) is 5.43. The summed E-state index contributed by atoms with van der Waals surface area (Å²) in [5.41, 5.74) is 0. The summed E-state index contributed by atoms with van der Waals surface area (Å²) in [6.07, 6.45) is 14.7. The minimum absolute atomic E-state index is 0.926. The van der Waals surface area contributed by atoms with Gasteiger partial charge in [-0.1, -0.05) is 44.8 Å². The second kappa shape index (κ2) is 5.40. The molecule has 1 saturated carbocycles. The molecule has 1 aliphatic carbocycles. The van der Waals surface area contributed by atoms with Crippen molar-refractivity contribution in [1.29, 1.82) is 0 Å². The van der Waals surface area contributed by atoms with Crippen molar-refractivity contribution in [3.05, 3.63) is 12.2 Å². The molecule has 64 valence electrons. The van der Waals surface area contributed by atoms with Crippen LogP contribution in [0, 0.1) is 5.92 Å². The van der Waals surface area contributed by atoms with Crippen LogP contribution in [-0.4, -0.2) is 0 Å². The number of rotatable bonds is 3. The highest BCUT2D eigenvalue weighted by atomic mass is 14.1. The van der Waals surface area contributed by atoms with E-state index in [-0.39, 0.29) is 0 Å². The van der Waals surface area contributed by atoms with Crippen molar-refractivity contribution >= 4 is 0 Å². The molecule has 0 N–H and O–H groups in total. The van der Waals surface area contributed by atoms with Gasteiger partial charge < -0.3 is 0 Å². The minimum atomic E-state index is 0.926. The van der Waals surface area contributed by atoms with Crippen molar-refractivity contribution in [1.82, 2.24) is 0 Å². The van der Waals surface area contributed by atoms with Gasteiger partial charge in [-0.05, 0) is 25.2 Å². The molecule has 0 aromatic rings. The minimum Gasteiger partial charge on any atom is -0.0883 e. The van der Waals surface area contributed by atoms with Gasteiger partial charge in [0.25, 0.3) is 0 Å². The second-order valence-corrected chi connectivity index (χ2v) is 3.61. The average Bonchev–Trinajstić information content (AvgIpc) is 2.07. The Morgan fingerprint density at radius 2 is 1.91 bits per heavy atom. The predicted octanol–water partition coefficient (Wildman–Crippen LogP) is 3.92. The summed E-state index contributed by atoms with van der Waals surface area (Å²) in [6.45, 7) is 2.24. The van der Waals surface area contributed by atoms with E-state index in [4.69, 9.17) is 0 Å². The SMILES string of the molecule is CCC/C=C\C1CCCCC1. The van der Waals surface area contributed by atoms with Gasteiger partial charge in [-0.25, -0.2) is 0 Å². The molecule has 0 amide bonds. The molecule has 0 nitrogen and oxygen atoms in total. The highest BCUT2D eigenvalue weighted by Crippen LogP contribution is 2.24. The molecule has 1 aliphatic rings. The van der Waals surface area contributed by atoms with Gasteiger partial charge in [0.1, 0.15) is 0 Å². The maximum Gasteiger partial charge on any atom is -0.0234 e.